The van der Waals surface area contributed by atoms with E-state index in [1.165, 1.54) is 22.3 Å². The van der Waals surface area contributed by atoms with Crippen LogP contribution in [0.1, 0.15) is 18.1 Å². The number of hydrogen-bond acceptors (Lipinski definition) is 4. The molecule has 1 aromatic heterocycles. The van der Waals surface area contributed by atoms with Crippen LogP contribution in [0.5, 0.6) is 0 Å². The van der Waals surface area contributed by atoms with Crippen LogP contribution in [0.4, 0.5) is 0 Å². The summed E-state index contributed by atoms with van der Waals surface area (Å²) in [5.41, 5.74) is 2.58. The van der Waals surface area contributed by atoms with Gasteiger partial charge in [0.15, 0.2) is 5.16 Å². The molecule has 1 heterocycles. The molecule has 5 heteroatoms. The van der Waals surface area contributed by atoms with Crippen molar-refractivity contribution in [3.8, 4) is 0 Å². The minimum atomic E-state index is 0.826. The highest BCUT2D eigenvalue weighted by atomic mass is 32.2. The second kappa shape index (κ2) is 5.84. The Bertz CT molecular complexity index is 467. The molecule has 0 aliphatic rings. The summed E-state index contributed by atoms with van der Waals surface area (Å²) in [7, 11) is 0. The van der Waals surface area contributed by atoms with Crippen molar-refractivity contribution >= 4 is 11.8 Å². The summed E-state index contributed by atoms with van der Waals surface area (Å²) in [6, 6.07) is 6.46. The zero-order chi connectivity index (χ0) is 12.1. The molecular formula is C12H16N4S. The molecule has 0 spiro atoms. The first kappa shape index (κ1) is 12.1. The Labute approximate surface area is 105 Å². The molecule has 0 saturated heterocycles. The van der Waals surface area contributed by atoms with E-state index in [0.717, 1.165) is 18.2 Å². The molecule has 4 nitrogen and oxygen atoms in total. The van der Waals surface area contributed by atoms with Gasteiger partial charge < -0.3 is 5.32 Å². The van der Waals surface area contributed by atoms with Gasteiger partial charge >= 0.3 is 0 Å². The van der Waals surface area contributed by atoms with Crippen LogP contribution in [0.3, 0.4) is 0 Å². The highest BCUT2D eigenvalue weighted by Crippen LogP contribution is 2.28. The lowest BCUT2D eigenvalue weighted by Gasteiger charge is -2.09. The molecule has 90 valence electrons. The third kappa shape index (κ3) is 3.31. The van der Waals surface area contributed by atoms with Crippen LogP contribution in [-0.2, 0) is 6.54 Å². The van der Waals surface area contributed by atoms with Gasteiger partial charge in [-0.25, -0.2) is 4.98 Å². The Morgan fingerprint density at radius 2 is 2.29 bits per heavy atom. The van der Waals surface area contributed by atoms with Gasteiger partial charge in [-0.1, -0.05) is 36.4 Å². The van der Waals surface area contributed by atoms with Crippen molar-refractivity contribution in [3.05, 3.63) is 35.7 Å². The normalized spacial score (nSPS) is 10.7. The Hall–Kier alpha value is -1.33. The van der Waals surface area contributed by atoms with Crippen LogP contribution in [-0.4, -0.2) is 21.7 Å². The summed E-state index contributed by atoms with van der Waals surface area (Å²) >= 11 is 1.61. The van der Waals surface area contributed by atoms with Crippen molar-refractivity contribution in [3.63, 3.8) is 0 Å². The highest BCUT2D eigenvalue weighted by Gasteiger charge is 2.06. The van der Waals surface area contributed by atoms with Gasteiger partial charge in [-0.05, 0) is 25.1 Å². The lowest BCUT2D eigenvalue weighted by Crippen LogP contribution is -2.12. The van der Waals surface area contributed by atoms with Gasteiger partial charge in [0.1, 0.15) is 6.33 Å². The molecular weight excluding hydrogens is 232 g/mol. The van der Waals surface area contributed by atoms with E-state index in [-0.39, 0.29) is 0 Å². The van der Waals surface area contributed by atoms with E-state index < -0.39 is 0 Å². The van der Waals surface area contributed by atoms with Crippen molar-refractivity contribution in [2.24, 2.45) is 0 Å². The first-order valence-electron chi connectivity index (χ1n) is 5.63. The Balaban J connectivity index is 2.19. The summed E-state index contributed by atoms with van der Waals surface area (Å²) in [6.45, 7) is 6.08. The second-order valence-electron chi connectivity index (χ2n) is 3.78. The first-order chi connectivity index (χ1) is 8.29. The fourth-order valence-corrected chi connectivity index (χ4v) is 2.36. The number of nitrogens with one attached hydrogen (secondary N) is 2. The number of aromatic nitrogens is 3. The van der Waals surface area contributed by atoms with E-state index in [4.69, 9.17) is 0 Å². The number of aryl methyl sites for hydroxylation is 1. The summed E-state index contributed by atoms with van der Waals surface area (Å²) in [5.74, 6) is 0. The summed E-state index contributed by atoms with van der Waals surface area (Å²) in [4.78, 5) is 5.35. The van der Waals surface area contributed by atoms with Gasteiger partial charge in [-0.3, -0.25) is 5.10 Å². The van der Waals surface area contributed by atoms with Gasteiger partial charge in [0.2, 0.25) is 0 Å². The van der Waals surface area contributed by atoms with E-state index in [9.17, 15) is 0 Å². The smallest absolute Gasteiger partial charge is 0.188 e. The number of H-pyrrole nitrogens is 1. The van der Waals surface area contributed by atoms with Crippen molar-refractivity contribution in [2.45, 2.75) is 30.4 Å². The summed E-state index contributed by atoms with van der Waals surface area (Å²) in [5, 5.41) is 10.9. The van der Waals surface area contributed by atoms with Crippen molar-refractivity contribution in [1.29, 1.82) is 0 Å². The minimum Gasteiger partial charge on any atom is -0.313 e. The predicted octanol–water partition coefficient (Wildman–Crippen LogP) is 2.37. The average molecular weight is 248 g/mol. The number of nitrogens with zero attached hydrogens (tertiary/aromatic N) is 2. The van der Waals surface area contributed by atoms with Crippen LogP contribution < -0.4 is 5.32 Å². The molecule has 1 aromatic carbocycles. The average Bonchev–Trinajstić information content (AvgIpc) is 2.82. The Morgan fingerprint density at radius 1 is 1.41 bits per heavy atom. The highest BCUT2D eigenvalue weighted by molar-refractivity contribution is 7.99. The first-order valence-corrected chi connectivity index (χ1v) is 6.44. The Morgan fingerprint density at radius 3 is 3.00 bits per heavy atom. The van der Waals surface area contributed by atoms with Crippen LogP contribution in [0, 0.1) is 6.92 Å². The molecule has 2 aromatic rings. The molecule has 0 unspecified atom stereocenters. The van der Waals surface area contributed by atoms with E-state index in [1.807, 2.05) is 0 Å². The van der Waals surface area contributed by atoms with Crippen LogP contribution in [0.25, 0.3) is 0 Å². The standard InChI is InChI=1S/C12H16N4S/c1-3-13-7-10-6-9(2)4-5-11(10)17-12-14-8-15-16-12/h4-6,8,13H,3,7H2,1-2H3,(H,14,15,16). The maximum Gasteiger partial charge on any atom is 0.188 e. The van der Waals surface area contributed by atoms with Crippen molar-refractivity contribution in [1.82, 2.24) is 20.5 Å². The van der Waals surface area contributed by atoms with Crippen LogP contribution in [0.15, 0.2) is 34.6 Å². The third-order valence-electron chi connectivity index (χ3n) is 2.38. The van der Waals surface area contributed by atoms with Crippen LogP contribution in [0.2, 0.25) is 0 Å². The zero-order valence-electron chi connectivity index (χ0n) is 10.0. The third-order valence-corrected chi connectivity index (χ3v) is 3.39. The molecule has 0 saturated carbocycles. The molecule has 0 radical (unpaired) electrons. The fraction of sp³-hybridized carbons (Fsp3) is 0.333. The maximum atomic E-state index is 4.13. The molecule has 2 rings (SSSR count). The number of hydrogen-bond donors (Lipinski definition) is 2. The quantitative estimate of drug-likeness (QED) is 0.853. The summed E-state index contributed by atoms with van der Waals surface area (Å²) in [6.07, 6.45) is 1.53. The van der Waals surface area contributed by atoms with E-state index in [1.54, 1.807) is 11.8 Å². The molecule has 0 atom stereocenters. The lowest BCUT2D eigenvalue weighted by molar-refractivity contribution is 0.717. The summed E-state index contributed by atoms with van der Waals surface area (Å²) < 4.78 is 0. The Kier molecular flexibility index (Phi) is 4.17. The predicted molar refractivity (Wildman–Crippen MR) is 69.1 cm³/mol. The van der Waals surface area contributed by atoms with Gasteiger partial charge in [0.25, 0.3) is 0 Å². The zero-order valence-corrected chi connectivity index (χ0v) is 10.8. The SMILES string of the molecule is CCNCc1cc(C)ccc1Sc1ncn[nH]1. The molecule has 0 aliphatic carbocycles. The molecule has 0 bridgehead atoms. The van der Waals surface area contributed by atoms with E-state index in [2.05, 4.69) is 52.5 Å². The van der Waals surface area contributed by atoms with Crippen molar-refractivity contribution < 1.29 is 0 Å². The molecule has 2 N–H and O–H groups in total. The number of aromatic amines is 1. The van der Waals surface area contributed by atoms with Gasteiger partial charge in [0.05, 0.1) is 0 Å². The second-order valence-corrected chi connectivity index (χ2v) is 4.81. The fourth-order valence-electron chi connectivity index (χ4n) is 1.55. The topological polar surface area (TPSA) is 53.6 Å². The molecule has 0 aliphatic heterocycles. The molecule has 17 heavy (non-hydrogen) atoms. The monoisotopic (exact) mass is 248 g/mol. The van der Waals surface area contributed by atoms with Crippen molar-refractivity contribution in [2.75, 3.05) is 6.54 Å². The van der Waals surface area contributed by atoms with Crippen LogP contribution >= 0.6 is 11.8 Å². The maximum absolute atomic E-state index is 4.13. The number of benzene rings is 1. The van der Waals surface area contributed by atoms with Gasteiger partial charge in [-0.2, -0.15) is 5.10 Å². The minimum absolute atomic E-state index is 0.826. The van der Waals surface area contributed by atoms with E-state index in [0.29, 0.717) is 0 Å². The van der Waals surface area contributed by atoms with Gasteiger partial charge in [0, 0.05) is 11.4 Å². The lowest BCUT2D eigenvalue weighted by atomic mass is 10.1. The van der Waals surface area contributed by atoms with Gasteiger partial charge in [-0.15, -0.1) is 0 Å². The molecule has 0 amide bonds. The largest absolute Gasteiger partial charge is 0.313 e. The number of rotatable bonds is 5. The van der Waals surface area contributed by atoms with E-state index >= 15 is 0 Å². The molecule has 0 fully saturated rings.